The van der Waals surface area contributed by atoms with Gasteiger partial charge in [0.15, 0.2) is 17.7 Å². The third kappa shape index (κ3) is 2.06. The number of benzene rings is 2. The highest BCUT2D eigenvalue weighted by molar-refractivity contribution is 6.30. The topological polar surface area (TPSA) is 121 Å². The molecule has 7 nitrogen and oxygen atoms in total. The van der Waals surface area contributed by atoms with Crippen molar-refractivity contribution in [3.05, 3.63) is 58.1 Å². The van der Waals surface area contributed by atoms with Gasteiger partial charge >= 0.3 is 5.97 Å². The predicted molar refractivity (Wildman–Crippen MR) is 80.1 cm³/mol. The molecule has 122 valence electrons. The van der Waals surface area contributed by atoms with E-state index in [0.717, 1.165) is 13.2 Å². The molecule has 3 N–H and O–H groups in total. The average Bonchev–Trinajstić information content (AvgIpc) is 2.59. The zero-order valence-electron chi connectivity index (χ0n) is 12.4. The molecule has 1 atom stereocenters. The number of fused-ring (bicyclic) bond motifs is 2. The Bertz CT molecular complexity index is 898. The lowest BCUT2D eigenvalue weighted by Gasteiger charge is -2.21. The third-order valence-electron chi connectivity index (χ3n) is 3.90. The van der Waals surface area contributed by atoms with E-state index in [1.807, 2.05) is 0 Å². The van der Waals surface area contributed by atoms with Crippen LogP contribution in [0.5, 0.6) is 11.5 Å². The van der Waals surface area contributed by atoms with Gasteiger partial charge in [0.2, 0.25) is 0 Å². The summed E-state index contributed by atoms with van der Waals surface area (Å²) >= 11 is 0. The number of esters is 1. The summed E-state index contributed by atoms with van der Waals surface area (Å²) < 4.78 is 4.38. The lowest BCUT2D eigenvalue weighted by atomic mass is 9.81. The van der Waals surface area contributed by atoms with Crippen LogP contribution in [-0.4, -0.2) is 40.0 Å². The molecule has 24 heavy (non-hydrogen) atoms. The molecule has 0 heterocycles. The summed E-state index contributed by atoms with van der Waals surface area (Å²) in [5.74, 6) is -3.76. The molecule has 2 aromatic rings. The third-order valence-corrected chi connectivity index (χ3v) is 3.90. The molecule has 2 aromatic carbocycles. The Morgan fingerprint density at radius 3 is 2.12 bits per heavy atom. The number of aromatic hydroxyl groups is 2. The van der Waals surface area contributed by atoms with Gasteiger partial charge < -0.3 is 20.1 Å². The molecule has 0 saturated heterocycles. The molecule has 0 aliphatic heterocycles. The molecule has 1 aliphatic rings. The van der Waals surface area contributed by atoms with Gasteiger partial charge in [-0.05, 0) is 6.07 Å². The van der Waals surface area contributed by atoms with E-state index < -0.39 is 46.3 Å². The zero-order valence-corrected chi connectivity index (χ0v) is 12.4. The highest BCUT2D eigenvalue weighted by atomic mass is 16.5. The standard InChI is InChI=1S/C17H12O7/c1-24-17(23)16(22)9-6-10(18)11-12(15(9)21)14(20)8-5-3-2-4-7(8)13(11)19/h2-6,16,18,21-22H,1H3. The van der Waals surface area contributed by atoms with Crippen molar-refractivity contribution in [1.29, 1.82) is 0 Å². The van der Waals surface area contributed by atoms with Gasteiger partial charge in [-0.3, -0.25) is 9.59 Å². The molecule has 7 heteroatoms. The predicted octanol–water partition coefficient (Wildman–Crippen LogP) is 1.08. The fourth-order valence-corrected chi connectivity index (χ4v) is 2.73. The van der Waals surface area contributed by atoms with Crippen molar-refractivity contribution in [2.45, 2.75) is 6.10 Å². The average molecular weight is 328 g/mol. The smallest absolute Gasteiger partial charge is 0.339 e. The second-order valence-corrected chi connectivity index (χ2v) is 5.21. The number of hydrogen-bond acceptors (Lipinski definition) is 7. The van der Waals surface area contributed by atoms with Crippen LogP contribution < -0.4 is 0 Å². The molecule has 0 bridgehead atoms. The van der Waals surface area contributed by atoms with E-state index >= 15 is 0 Å². The molecule has 0 amide bonds. The molecule has 3 rings (SSSR count). The molecule has 1 aliphatic carbocycles. The van der Waals surface area contributed by atoms with Gasteiger partial charge in [0.25, 0.3) is 0 Å². The first kappa shape index (κ1) is 15.7. The lowest BCUT2D eigenvalue weighted by molar-refractivity contribution is -0.150. The van der Waals surface area contributed by atoms with Crippen LogP contribution >= 0.6 is 0 Å². The van der Waals surface area contributed by atoms with E-state index in [9.17, 15) is 29.7 Å². The number of ketones is 2. The second-order valence-electron chi connectivity index (χ2n) is 5.21. The number of ether oxygens (including phenoxy) is 1. The van der Waals surface area contributed by atoms with Crippen molar-refractivity contribution in [3.63, 3.8) is 0 Å². The molecule has 0 saturated carbocycles. The maximum absolute atomic E-state index is 12.6. The van der Waals surface area contributed by atoms with Gasteiger partial charge in [0.1, 0.15) is 11.5 Å². The van der Waals surface area contributed by atoms with Crippen LogP contribution in [0.2, 0.25) is 0 Å². The van der Waals surface area contributed by atoms with Crippen LogP contribution in [0.15, 0.2) is 30.3 Å². The highest BCUT2D eigenvalue weighted by Crippen LogP contribution is 2.41. The van der Waals surface area contributed by atoms with Gasteiger partial charge in [-0.1, -0.05) is 24.3 Å². The van der Waals surface area contributed by atoms with Crippen molar-refractivity contribution >= 4 is 17.5 Å². The number of methoxy groups -OCH3 is 1. The van der Waals surface area contributed by atoms with Crippen LogP contribution in [-0.2, 0) is 9.53 Å². The van der Waals surface area contributed by atoms with E-state index in [1.54, 1.807) is 12.1 Å². The van der Waals surface area contributed by atoms with Gasteiger partial charge in [0.05, 0.1) is 18.2 Å². The first-order valence-electron chi connectivity index (χ1n) is 6.91. The Hall–Kier alpha value is -3.19. The fraction of sp³-hybridized carbons (Fsp3) is 0.118. The fourth-order valence-electron chi connectivity index (χ4n) is 2.73. The molecule has 0 spiro atoms. The number of aliphatic hydroxyl groups excluding tert-OH is 1. The lowest BCUT2D eigenvalue weighted by Crippen LogP contribution is -2.23. The summed E-state index contributed by atoms with van der Waals surface area (Å²) in [5.41, 5.74) is -1.06. The molecule has 0 fully saturated rings. The maximum Gasteiger partial charge on any atom is 0.339 e. The van der Waals surface area contributed by atoms with Gasteiger partial charge in [-0.25, -0.2) is 4.79 Å². The SMILES string of the molecule is COC(=O)C(O)c1cc(O)c2c(c1O)C(=O)c1ccccc1C2=O. The molecular weight excluding hydrogens is 316 g/mol. The summed E-state index contributed by atoms with van der Waals surface area (Å²) in [6.07, 6.45) is -1.91. The van der Waals surface area contributed by atoms with E-state index in [2.05, 4.69) is 4.74 Å². The number of phenols is 2. The molecular formula is C17H12O7. The minimum absolute atomic E-state index is 0.0643. The number of carbonyl (C=O) groups is 3. The normalized spacial score (nSPS) is 13.9. The van der Waals surface area contributed by atoms with Crippen LogP contribution in [0.25, 0.3) is 0 Å². The second kappa shape index (κ2) is 5.47. The number of hydrogen-bond donors (Lipinski definition) is 3. The Morgan fingerprint density at radius 1 is 1.04 bits per heavy atom. The molecule has 0 radical (unpaired) electrons. The largest absolute Gasteiger partial charge is 0.507 e. The maximum atomic E-state index is 12.6. The van der Waals surface area contributed by atoms with Crippen molar-refractivity contribution in [1.82, 2.24) is 0 Å². The van der Waals surface area contributed by atoms with Crippen LogP contribution in [0.1, 0.15) is 43.5 Å². The van der Waals surface area contributed by atoms with Crippen LogP contribution in [0.4, 0.5) is 0 Å². The summed E-state index contributed by atoms with van der Waals surface area (Å²) in [6.45, 7) is 0. The summed E-state index contributed by atoms with van der Waals surface area (Å²) in [7, 11) is 1.03. The van der Waals surface area contributed by atoms with E-state index in [1.165, 1.54) is 12.1 Å². The summed E-state index contributed by atoms with van der Waals surface area (Å²) in [4.78, 5) is 36.6. The van der Waals surface area contributed by atoms with E-state index in [-0.39, 0.29) is 16.7 Å². The quantitative estimate of drug-likeness (QED) is 0.475. The molecule has 1 unspecified atom stereocenters. The first-order chi connectivity index (χ1) is 11.4. The van der Waals surface area contributed by atoms with Crippen molar-refractivity contribution < 1.29 is 34.4 Å². The Morgan fingerprint density at radius 2 is 1.58 bits per heavy atom. The van der Waals surface area contributed by atoms with E-state index in [4.69, 9.17) is 0 Å². The van der Waals surface area contributed by atoms with Gasteiger partial charge in [-0.15, -0.1) is 0 Å². The Balaban J connectivity index is 2.28. The number of carbonyl (C=O) groups excluding carboxylic acids is 3. The van der Waals surface area contributed by atoms with Crippen molar-refractivity contribution in [2.75, 3.05) is 7.11 Å². The number of phenolic OH excluding ortho intramolecular Hbond substituents is 2. The number of rotatable bonds is 2. The van der Waals surface area contributed by atoms with Gasteiger partial charge in [-0.2, -0.15) is 0 Å². The number of aliphatic hydroxyl groups is 1. The highest BCUT2D eigenvalue weighted by Gasteiger charge is 2.37. The van der Waals surface area contributed by atoms with Crippen molar-refractivity contribution in [2.24, 2.45) is 0 Å². The first-order valence-corrected chi connectivity index (χ1v) is 6.91. The summed E-state index contributed by atoms with van der Waals surface area (Å²) in [6, 6.07) is 6.85. The Kier molecular flexibility index (Phi) is 3.57. The van der Waals surface area contributed by atoms with Crippen molar-refractivity contribution in [3.8, 4) is 11.5 Å². The monoisotopic (exact) mass is 328 g/mol. The van der Waals surface area contributed by atoms with Gasteiger partial charge in [0, 0.05) is 16.7 Å². The van der Waals surface area contributed by atoms with E-state index in [0.29, 0.717) is 0 Å². The van der Waals surface area contributed by atoms with Crippen LogP contribution in [0.3, 0.4) is 0 Å². The minimum atomic E-state index is -1.91. The molecule has 0 aromatic heterocycles. The van der Waals surface area contributed by atoms with Crippen LogP contribution in [0, 0.1) is 0 Å². The minimum Gasteiger partial charge on any atom is -0.507 e. The zero-order chi connectivity index (χ0) is 17.6. The Labute approximate surface area is 135 Å². The summed E-state index contributed by atoms with van der Waals surface area (Å²) in [5, 5.41) is 30.4.